The van der Waals surface area contributed by atoms with Gasteiger partial charge in [0, 0.05) is 33.4 Å². The zero-order valence-corrected chi connectivity index (χ0v) is 17.8. The summed E-state index contributed by atoms with van der Waals surface area (Å²) in [6.45, 7) is 2.18. The number of aromatic nitrogens is 1. The largest absolute Gasteiger partial charge is 0.298 e. The normalized spacial score (nSPS) is 18.0. The highest BCUT2D eigenvalue weighted by Gasteiger charge is 2.34. The monoisotopic (exact) mass is 457 g/mol. The number of benzene rings is 1. The molecule has 0 bridgehead atoms. The fraction of sp³-hybridized carbons (Fsp3) is 0.300. The van der Waals surface area contributed by atoms with E-state index in [0.717, 1.165) is 39.2 Å². The Hall–Kier alpha value is -2.19. The number of halogens is 1. The molecule has 1 atom stereocenters. The summed E-state index contributed by atoms with van der Waals surface area (Å²) in [7, 11) is 0. The topological polar surface area (TPSA) is 70.0 Å². The Kier molecular flexibility index (Phi) is 5.77. The van der Waals surface area contributed by atoms with Crippen molar-refractivity contribution in [3.05, 3.63) is 63.3 Å². The van der Waals surface area contributed by atoms with Gasteiger partial charge in [-0.05, 0) is 30.7 Å². The number of rotatable bonds is 5. The second-order valence-corrected chi connectivity index (χ2v) is 8.56. The van der Waals surface area contributed by atoms with Crippen LogP contribution < -0.4 is 15.9 Å². The summed E-state index contributed by atoms with van der Waals surface area (Å²) in [6, 6.07) is 9.58. The summed E-state index contributed by atoms with van der Waals surface area (Å²) in [5.41, 5.74) is 1.40. The van der Waals surface area contributed by atoms with Gasteiger partial charge in [0.2, 0.25) is 0 Å². The van der Waals surface area contributed by atoms with Crippen molar-refractivity contribution in [3.63, 3.8) is 0 Å². The van der Waals surface area contributed by atoms with Gasteiger partial charge in [-0.1, -0.05) is 53.5 Å². The summed E-state index contributed by atoms with van der Waals surface area (Å²) in [4.78, 5) is 22.1. The van der Waals surface area contributed by atoms with Gasteiger partial charge in [-0.25, -0.2) is 5.01 Å². The first-order valence-electron chi connectivity index (χ1n) is 9.27. The van der Waals surface area contributed by atoms with Gasteiger partial charge >= 0.3 is 0 Å². The Bertz CT molecular complexity index is 1040. The summed E-state index contributed by atoms with van der Waals surface area (Å²) < 4.78 is 0.894. The molecule has 0 aliphatic carbocycles. The number of pyridine rings is 1. The number of nitrogens with one attached hydrogen (secondary N) is 1. The highest BCUT2D eigenvalue weighted by Crippen LogP contribution is 2.30. The summed E-state index contributed by atoms with van der Waals surface area (Å²) in [5, 5.41) is 11.6. The van der Waals surface area contributed by atoms with Crippen LogP contribution in [0.2, 0.25) is 0 Å². The van der Waals surface area contributed by atoms with Crippen molar-refractivity contribution in [1.29, 1.82) is 0 Å². The quantitative estimate of drug-likeness (QED) is 0.700. The fourth-order valence-corrected chi connectivity index (χ4v) is 4.40. The Morgan fingerprint density at radius 1 is 1.29 bits per heavy atom. The van der Waals surface area contributed by atoms with Gasteiger partial charge in [-0.2, -0.15) is 0 Å². The maximum Gasteiger partial charge on any atom is 0.276 e. The molecule has 8 heteroatoms. The molecule has 0 saturated carbocycles. The first kappa shape index (κ1) is 19.1. The second kappa shape index (κ2) is 8.45. The Balaban J connectivity index is 1.79. The van der Waals surface area contributed by atoms with E-state index in [2.05, 4.69) is 33.2 Å². The molecule has 1 N–H and O–H groups in total. The zero-order chi connectivity index (χ0) is 19.5. The van der Waals surface area contributed by atoms with Crippen molar-refractivity contribution in [2.45, 2.75) is 32.4 Å². The van der Waals surface area contributed by atoms with Gasteiger partial charge in [-0.15, -0.1) is 5.10 Å². The van der Waals surface area contributed by atoms with E-state index in [1.54, 1.807) is 29.2 Å². The van der Waals surface area contributed by atoms with Crippen molar-refractivity contribution >= 4 is 44.5 Å². The third-order valence-corrected chi connectivity index (χ3v) is 5.98. The molecule has 1 amide bonds. The van der Waals surface area contributed by atoms with Crippen LogP contribution in [0.15, 0.2) is 57.3 Å². The molecule has 2 aliphatic rings. The van der Waals surface area contributed by atoms with Crippen LogP contribution in [0.25, 0.3) is 5.70 Å². The lowest BCUT2D eigenvalue weighted by molar-refractivity contribution is -0.116. The van der Waals surface area contributed by atoms with E-state index in [0.29, 0.717) is 10.9 Å². The Morgan fingerprint density at radius 3 is 2.96 bits per heavy atom. The number of nitrogens with zero attached hydrogens (tertiary/aromatic N) is 4. The Labute approximate surface area is 176 Å². The first-order chi connectivity index (χ1) is 13.7. The average molecular weight is 458 g/mol. The third-order valence-electron chi connectivity index (χ3n) is 4.54. The molecule has 0 unspecified atom stereocenters. The number of amidine groups is 1. The number of fused-ring (bicyclic) bond motifs is 2. The molecular weight excluding hydrogens is 438 g/mol. The number of carbonyl (C=O) groups is 1. The molecule has 0 radical (unpaired) electrons. The molecular formula is C20H20BrN5OS. The lowest BCUT2D eigenvalue weighted by atomic mass is 10.1. The molecule has 0 saturated heterocycles. The van der Waals surface area contributed by atoms with E-state index in [-0.39, 0.29) is 5.91 Å². The van der Waals surface area contributed by atoms with Crippen LogP contribution >= 0.6 is 27.7 Å². The Morgan fingerprint density at radius 2 is 2.18 bits per heavy atom. The van der Waals surface area contributed by atoms with Crippen molar-refractivity contribution in [2.24, 2.45) is 10.1 Å². The lowest BCUT2D eigenvalue weighted by Gasteiger charge is -2.34. The minimum Gasteiger partial charge on any atom is -0.298 e. The van der Waals surface area contributed by atoms with Gasteiger partial charge in [0.05, 0.1) is 5.36 Å². The first-order valence-corrected chi connectivity index (χ1v) is 11.0. The predicted molar refractivity (Wildman–Crippen MR) is 115 cm³/mol. The van der Waals surface area contributed by atoms with Crippen LogP contribution in [0.5, 0.6) is 0 Å². The van der Waals surface area contributed by atoms with Crippen LogP contribution in [-0.4, -0.2) is 26.8 Å². The highest BCUT2D eigenvalue weighted by molar-refractivity contribution is 9.10. The third kappa shape index (κ3) is 3.84. The van der Waals surface area contributed by atoms with E-state index in [1.807, 2.05) is 30.3 Å². The predicted octanol–water partition coefficient (Wildman–Crippen LogP) is 2.91. The van der Waals surface area contributed by atoms with E-state index < -0.39 is 6.17 Å². The lowest BCUT2D eigenvalue weighted by Crippen LogP contribution is -2.50. The molecule has 0 fully saturated rings. The SMILES string of the molecule is CCCCCSC1=NN2C(=c3cc(Br)ccc3=N[C@H]2c2cccnc2)C(=O)N1. The molecule has 28 heavy (non-hydrogen) atoms. The van der Waals surface area contributed by atoms with Crippen LogP contribution in [0.4, 0.5) is 0 Å². The van der Waals surface area contributed by atoms with Gasteiger partial charge < -0.3 is 0 Å². The van der Waals surface area contributed by atoms with Crippen LogP contribution in [0, 0.1) is 0 Å². The van der Waals surface area contributed by atoms with Gasteiger partial charge in [0.1, 0.15) is 5.70 Å². The molecule has 0 spiro atoms. The zero-order valence-electron chi connectivity index (χ0n) is 15.4. The van der Waals surface area contributed by atoms with Crippen molar-refractivity contribution in [2.75, 3.05) is 5.75 Å². The molecule has 1 aromatic heterocycles. The fourth-order valence-electron chi connectivity index (χ4n) is 3.18. The van der Waals surface area contributed by atoms with E-state index in [9.17, 15) is 4.79 Å². The minimum atomic E-state index is -0.422. The number of amides is 1. The number of carbonyl (C=O) groups excluding carboxylic acids is 1. The standard InChI is InChI=1S/C20H20BrN5OS/c1-2-3-4-10-28-20-24-19(27)17-15-11-14(21)7-8-16(15)23-18(26(17)25-20)13-6-5-9-22-12-13/h5-9,11-12,18H,2-4,10H2,1H3,(H,24,25,27)/t18-/m1/s1. The smallest absolute Gasteiger partial charge is 0.276 e. The van der Waals surface area contributed by atoms with Crippen molar-refractivity contribution < 1.29 is 4.79 Å². The molecule has 4 rings (SSSR count). The maximum atomic E-state index is 13.0. The molecule has 2 aliphatic heterocycles. The number of thioether (sulfide) groups is 1. The van der Waals surface area contributed by atoms with Crippen molar-refractivity contribution in [1.82, 2.24) is 15.3 Å². The van der Waals surface area contributed by atoms with Crippen molar-refractivity contribution in [3.8, 4) is 0 Å². The second-order valence-electron chi connectivity index (χ2n) is 6.56. The molecule has 2 aromatic rings. The van der Waals surface area contributed by atoms with Crippen LogP contribution in [0.1, 0.15) is 37.9 Å². The summed E-state index contributed by atoms with van der Waals surface area (Å²) >= 11 is 5.07. The van der Waals surface area contributed by atoms with Crippen LogP contribution in [0.3, 0.4) is 0 Å². The molecule has 144 valence electrons. The van der Waals surface area contributed by atoms with Gasteiger partial charge in [0.15, 0.2) is 11.3 Å². The van der Waals surface area contributed by atoms with E-state index >= 15 is 0 Å². The van der Waals surface area contributed by atoms with Crippen LogP contribution in [-0.2, 0) is 4.79 Å². The number of unbranched alkanes of at least 4 members (excludes halogenated alkanes) is 2. The highest BCUT2D eigenvalue weighted by atomic mass is 79.9. The van der Waals surface area contributed by atoms with E-state index in [1.165, 1.54) is 6.42 Å². The number of hydrazone groups is 1. The number of hydrogen-bond acceptors (Lipinski definition) is 6. The van der Waals surface area contributed by atoms with Gasteiger partial charge in [0.25, 0.3) is 5.91 Å². The molecule has 6 nitrogen and oxygen atoms in total. The van der Waals surface area contributed by atoms with Gasteiger partial charge in [-0.3, -0.25) is 20.1 Å². The average Bonchev–Trinajstić information content (AvgIpc) is 2.71. The summed E-state index contributed by atoms with van der Waals surface area (Å²) in [5.74, 6) is 0.767. The van der Waals surface area contributed by atoms with E-state index in [4.69, 9.17) is 10.1 Å². The number of hydrogen-bond donors (Lipinski definition) is 1. The molecule has 3 heterocycles. The summed E-state index contributed by atoms with van der Waals surface area (Å²) in [6.07, 6.45) is 6.50. The molecule has 1 aromatic carbocycles. The minimum absolute atomic E-state index is 0.156. The maximum absolute atomic E-state index is 13.0.